The number of methoxy groups -OCH3 is 1. The summed E-state index contributed by atoms with van der Waals surface area (Å²) in [6.07, 6.45) is 1.61. The Labute approximate surface area is 253 Å². The van der Waals surface area contributed by atoms with Gasteiger partial charge in [0, 0.05) is 36.1 Å². The Hall–Kier alpha value is -4.28. The van der Waals surface area contributed by atoms with Crippen molar-refractivity contribution in [2.75, 3.05) is 37.0 Å². The van der Waals surface area contributed by atoms with Gasteiger partial charge in [-0.1, -0.05) is 41.9 Å². The Morgan fingerprint density at radius 1 is 1.02 bits per heavy atom. The van der Waals surface area contributed by atoms with Gasteiger partial charge in [0.05, 0.1) is 22.6 Å². The average Bonchev–Trinajstić information content (AvgIpc) is 3.25. The highest BCUT2D eigenvalue weighted by Crippen LogP contribution is 2.35. The fraction of sp³-hybridized carbons (Fsp3) is 0.226. The number of imide groups is 1. The normalized spacial score (nSPS) is 13.8. The number of carbonyl (C=O) groups is 4. The van der Waals surface area contributed by atoms with Crippen LogP contribution in [-0.4, -0.2) is 54.7 Å². The second-order valence-corrected chi connectivity index (χ2v) is 10.6. The Morgan fingerprint density at radius 3 is 2.45 bits per heavy atom. The molecule has 0 radical (unpaired) electrons. The van der Waals surface area contributed by atoms with Crippen molar-refractivity contribution < 1.29 is 28.7 Å². The maximum absolute atomic E-state index is 13.2. The molecule has 9 nitrogen and oxygen atoms in total. The largest absolute Gasteiger partial charge is 0.488 e. The maximum Gasteiger partial charge on any atom is 0.339 e. The minimum absolute atomic E-state index is 0.0726. The van der Waals surface area contributed by atoms with Crippen molar-refractivity contribution in [2.24, 2.45) is 0 Å². The van der Waals surface area contributed by atoms with E-state index in [1.165, 1.54) is 25.3 Å². The molecule has 218 valence electrons. The van der Waals surface area contributed by atoms with E-state index in [0.29, 0.717) is 17.9 Å². The van der Waals surface area contributed by atoms with Crippen molar-refractivity contribution >= 4 is 63.8 Å². The molecule has 1 N–H and O–H groups in total. The van der Waals surface area contributed by atoms with Gasteiger partial charge in [0.25, 0.3) is 11.1 Å². The van der Waals surface area contributed by atoms with E-state index in [2.05, 4.69) is 24.1 Å². The van der Waals surface area contributed by atoms with Crippen molar-refractivity contribution in [3.63, 3.8) is 0 Å². The quantitative estimate of drug-likeness (QED) is 0.202. The molecule has 0 aliphatic carbocycles. The lowest BCUT2D eigenvalue weighted by atomic mass is 10.1. The van der Waals surface area contributed by atoms with E-state index in [9.17, 15) is 19.2 Å². The average molecular weight is 608 g/mol. The number of halogens is 1. The second kappa shape index (κ2) is 14.1. The number of hydrogen-bond donors (Lipinski definition) is 1. The Bertz CT molecular complexity index is 1520. The van der Waals surface area contributed by atoms with Crippen LogP contribution in [-0.2, 0) is 20.9 Å². The number of hydrogen-bond acceptors (Lipinski definition) is 8. The number of benzene rings is 3. The SMILES string of the molecule is CCN(CC)c1ccc(/C=C2/SC(=O)N(CC(=O)Nc3ccc(Cl)c(C(=O)OC)c3)C2=O)c(OCc2ccccc2)c1. The zero-order chi connectivity index (χ0) is 30.2. The van der Waals surface area contributed by atoms with E-state index in [1.54, 1.807) is 6.08 Å². The van der Waals surface area contributed by atoms with Crippen LogP contribution in [0, 0.1) is 0 Å². The zero-order valence-electron chi connectivity index (χ0n) is 23.4. The first kappa shape index (κ1) is 30.7. The van der Waals surface area contributed by atoms with E-state index < -0.39 is 29.6 Å². The van der Waals surface area contributed by atoms with Crippen molar-refractivity contribution in [3.05, 3.63) is 93.3 Å². The minimum atomic E-state index is -0.663. The zero-order valence-corrected chi connectivity index (χ0v) is 25.0. The molecule has 1 fully saturated rings. The van der Waals surface area contributed by atoms with Gasteiger partial charge in [-0.05, 0) is 67.6 Å². The molecule has 3 amide bonds. The topological polar surface area (TPSA) is 105 Å². The van der Waals surface area contributed by atoms with E-state index in [0.717, 1.165) is 41.0 Å². The Balaban J connectivity index is 1.52. The van der Waals surface area contributed by atoms with Crippen LogP contribution in [0.2, 0.25) is 5.02 Å². The number of thioether (sulfide) groups is 1. The second-order valence-electron chi connectivity index (χ2n) is 9.17. The molecule has 11 heteroatoms. The molecule has 3 aromatic rings. The molecule has 0 unspecified atom stereocenters. The monoisotopic (exact) mass is 607 g/mol. The van der Waals surface area contributed by atoms with Gasteiger partial charge in [-0.3, -0.25) is 19.3 Å². The van der Waals surface area contributed by atoms with Crippen LogP contribution in [0.3, 0.4) is 0 Å². The Morgan fingerprint density at radius 2 is 1.76 bits per heavy atom. The van der Waals surface area contributed by atoms with Crippen LogP contribution >= 0.6 is 23.4 Å². The molecule has 1 heterocycles. The van der Waals surface area contributed by atoms with Crippen LogP contribution in [0.15, 0.2) is 71.6 Å². The lowest BCUT2D eigenvalue weighted by Crippen LogP contribution is -2.36. The summed E-state index contributed by atoms with van der Waals surface area (Å²) in [4.78, 5) is 53.8. The van der Waals surface area contributed by atoms with Gasteiger partial charge in [0.1, 0.15) is 18.9 Å². The van der Waals surface area contributed by atoms with Crippen LogP contribution < -0.4 is 15.0 Å². The number of nitrogens with zero attached hydrogens (tertiary/aromatic N) is 2. The van der Waals surface area contributed by atoms with Crippen molar-refractivity contribution in [3.8, 4) is 5.75 Å². The number of esters is 1. The molecular formula is C31H30ClN3O6S. The first-order valence-electron chi connectivity index (χ1n) is 13.2. The predicted octanol–water partition coefficient (Wildman–Crippen LogP) is 6.23. The first-order chi connectivity index (χ1) is 20.2. The number of rotatable bonds is 11. The summed E-state index contributed by atoms with van der Waals surface area (Å²) >= 11 is 6.79. The molecule has 0 saturated carbocycles. The van der Waals surface area contributed by atoms with Crippen LogP contribution in [0.1, 0.15) is 35.3 Å². The summed E-state index contributed by atoms with van der Waals surface area (Å²) in [6.45, 7) is 5.59. The van der Waals surface area contributed by atoms with Gasteiger partial charge < -0.3 is 19.7 Å². The van der Waals surface area contributed by atoms with Crippen molar-refractivity contribution in [1.29, 1.82) is 0 Å². The summed E-state index contributed by atoms with van der Waals surface area (Å²) in [6, 6.07) is 19.7. The molecule has 42 heavy (non-hydrogen) atoms. The molecule has 0 spiro atoms. The molecule has 0 aromatic heterocycles. The lowest BCUT2D eigenvalue weighted by Gasteiger charge is -2.22. The number of ether oxygens (including phenoxy) is 2. The lowest BCUT2D eigenvalue weighted by molar-refractivity contribution is -0.127. The third-order valence-electron chi connectivity index (χ3n) is 6.48. The fourth-order valence-corrected chi connectivity index (χ4v) is 5.30. The molecule has 1 aliphatic heterocycles. The summed E-state index contributed by atoms with van der Waals surface area (Å²) < 4.78 is 10.9. The van der Waals surface area contributed by atoms with Gasteiger partial charge in [-0.2, -0.15) is 0 Å². The summed E-state index contributed by atoms with van der Waals surface area (Å²) in [5.41, 5.74) is 2.93. The fourth-order valence-electron chi connectivity index (χ4n) is 4.28. The van der Waals surface area contributed by atoms with E-state index in [1.807, 2.05) is 48.5 Å². The Kier molecular flexibility index (Phi) is 10.3. The minimum Gasteiger partial charge on any atom is -0.488 e. The standard InChI is InChI=1S/C31H30ClN3O6S/c1-4-34(5-2)23-13-11-21(26(17-23)41-19-20-9-7-6-8-10-20)15-27-29(37)35(31(39)42-27)18-28(36)33-22-12-14-25(32)24(16-22)30(38)40-3/h6-17H,4-5,18-19H2,1-3H3,(H,33,36)/b27-15+. The number of amides is 3. The predicted molar refractivity (Wildman–Crippen MR) is 165 cm³/mol. The molecule has 1 saturated heterocycles. The smallest absolute Gasteiger partial charge is 0.339 e. The van der Waals surface area contributed by atoms with E-state index in [4.69, 9.17) is 21.1 Å². The highest BCUT2D eigenvalue weighted by molar-refractivity contribution is 8.18. The number of carbonyl (C=O) groups excluding carboxylic acids is 4. The van der Waals surface area contributed by atoms with Crippen LogP contribution in [0.25, 0.3) is 6.08 Å². The molecule has 1 aliphatic rings. The van der Waals surface area contributed by atoms with Crippen molar-refractivity contribution in [1.82, 2.24) is 4.90 Å². The highest BCUT2D eigenvalue weighted by Gasteiger charge is 2.36. The number of nitrogens with one attached hydrogen (secondary N) is 1. The molecule has 4 rings (SSSR count). The summed E-state index contributed by atoms with van der Waals surface area (Å²) in [5, 5.41) is 2.18. The molecule has 3 aromatic carbocycles. The molecular weight excluding hydrogens is 578 g/mol. The van der Waals surface area contributed by atoms with E-state index in [-0.39, 0.29) is 21.2 Å². The third kappa shape index (κ3) is 7.32. The summed E-state index contributed by atoms with van der Waals surface area (Å²) in [5.74, 6) is -1.30. The van der Waals surface area contributed by atoms with Crippen LogP contribution in [0.5, 0.6) is 5.75 Å². The van der Waals surface area contributed by atoms with Gasteiger partial charge in [-0.15, -0.1) is 0 Å². The van der Waals surface area contributed by atoms with Gasteiger partial charge >= 0.3 is 5.97 Å². The molecule has 0 atom stereocenters. The number of anilines is 2. The van der Waals surface area contributed by atoms with Gasteiger partial charge in [0.2, 0.25) is 5.91 Å². The summed E-state index contributed by atoms with van der Waals surface area (Å²) in [7, 11) is 1.22. The van der Waals surface area contributed by atoms with Crippen LogP contribution in [0.4, 0.5) is 16.2 Å². The first-order valence-corrected chi connectivity index (χ1v) is 14.4. The highest BCUT2D eigenvalue weighted by atomic mass is 35.5. The van der Waals surface area contributed by atoms with Crippen molar-refractivity contribution in [2.45, 2.75) is 20.5 Å². The molecule has 0 bridgehead atoms. The third-order valence-corrected chi connectivity index (χ3v) is 7.72. The van der Waals surface area contributed by atoms with E-state index >= 15 is 0 Å². The maximum atomic E-state index is 13.2. The van der Waals surface area contributed by atoms with Gasteiger partial charge in [0.15, 0.2) is 0 Å². The van der Waals surface area contributed by atoms with Gasteiger partial charge in [-0.25, -0.2) is 4.79 Å².